The molecule has 0 bridgehead atoms. The van der Waals surface area contributed by atoms with E-state index in [1.165, 1.54) is 0 Å². The van der Waals surface area contributed by atoms with E-state index in [0.717, 1.165) is 25.9 Å². The lowest BCUT2D eigenvalue weighted by atomic mass is 10.0. The van der Waals surface area contributed by atoms with Crippen LogP contribution in [0.3, 0.4) is 0 Å². The van der Waals surface area contributed by atoms with Crippen LogP contribution in [0.4, 0.5) is 0 Å². The Hall–Kier alpha value is -0.610. The summed E-state index contributed by atoms with van der Waals surface area (Å²) in [5.74, 6) is 0.578. The van der Waals surface area contributed by atoms with Crippen LogP contribution in [0, 0.1) is 5.92 Å². The third-order valence-electron chi connectivity index (χ3n) is 3.47. The standard InChI is InChI=1S/C12H25N3O/c1-10(9-13)8-12(16)15-6-4-11(5-7-15)14(2)3/h10-11H,4-9,13H2,1-3H3. The predicted octanol–water partition coefficient (Wildman–Crippen LogP) is 0.524. The van der Waals surface area contributed by atoms with E-state index in [1.54, 1.807) is 0 Å². The highest BCUT2D eigenvalue weighted by atomic mass is 16.2. The molecule has 1 amide bonds. The molecule has 0 aromatic carbocycles. The number of carbonyl (C=O) groups is 1. The van der Waals surface area contributed by atoms with E-state index in [4.69, 9.17) is 5.73 Å². The molecule has 1 unspecified atom stereocenters. The first-order chi connectivity index (χ1) is 7.54. The van der Waals surface area contributed by atoms with E-state index in [1.807, 2.05) is 11.8 Å². The van der Waals surface area contributed by atoms with Crippen LogP contribution in [0.5, 0.6) is 0 Å². The lowest BCUT2D eigenvalue weighted by molar-refractivity contribution is -0.133. The van der Waals surface area contributed by atoms with E-state index in [2.05, 4.69) is 19.0 Å². The van der Waals surface area contributed by atoms with Crippen LogP contribution in [0.1, 0.15) is 26.2 Å². The molecule has 1 fully saturated rings. The quantitative estimate of drug-likeness (QED) is 0.762. The Labute approximate surface area is 98.8 Å². The van der Waals surface area contributed by atoms with Gasteiger partial charge in [0, 0.05) is 25.6 Å². The van der Waals surface area contributed by atoms with Crippen LogP contribution < -0.4 is 5.73 Å². The molecule has 1 heterocycles. The first-order valence-electron chi connectivity index (χ1n) is 6.18. The second-order valence-electron chi connectivity index (χ2n) is 5.12. The van der Waals surface area contributed by atoms with Crippen molar-refractivity contribution < 1.29 is 4.79 Å². The molecule has 0 aromatic rings. The molecule has 1 saturated heterocycles. The zero-order chi connectivity index (χ0) is 12.1. The van der Waals surface area contributed by atoms with Crippen molar-refractivity contribution in [3.8, 4) is 0 Å². The SMILES string of the molecule is CC(CN)CC(=O)N1CCC(N(C)C)CC1. The van der Waals surface area contributed by atoms with Gasteiger partial charge < -0.3 is 15.5 Å². The third-order valence-corrected chi connectivity index (χ3v) is 3.47. The van der Waals surface area contributed by atoms with Gasteiger partial charge in [-0.05, 0) is 39.4 Å². The fourth-order valence-electron chi connectivity index (χ4n) is 2.14. The molecule has 0 aliphatic carbocycles. The normalized spacial score (nSPS) is 20.2. The highest BCUT2D eigenvalue weighted by Crippen LogP contribution is 2.16. The molecular formula is C12H25N3O. The van der Waals surface area contributed by atoms with Gasteiger partial charge >= 0.3 is 0 Å². The van der Waals surface area contributed by atoms with Crippen molar-refractivity contribution in [3.63, 3.8) is 0 Å². The molecule has 0 radical (unpaired) electrons. The maximum atomic E-state index is 11.9. The average molecular weight is 227 g/mol. The molecule has 0 saturated carbocycles. The number of likely N-dealkylation sites (tertiary alicyclic amines) is 1. The first-order valence-corrected chi connectivity index (χ1v) is 6.18. The molecule has 0 aromatic heterocycles. The summed E-state index contributed by atoms with van der Waals surface area (Å²) in [5, 5.41) is 0. The summed E-state index contributed by atoms with van der Waals surface area (Å²) in [6.45, 7) is 4.43. The number of nitrogens with zero attached hydrogens (tertiary/aromatic N) is 2. The van der Waals surface area contributed by atoms with Gasteiger partial charge in [0.25, 0.3) is 0 Å². The monoisotopic (exact) mass is 227 g/mol. The Kier molecular flexibility index (Phi) is 5.22. The molecule has 4 heteroatoms. The lowest BCUT2D eigenvalue weighted by Gasteiger charge is -2.35. The third kappa shape index (κ3) is 3.76. The van der Waals surface area contributed by atoms with Crippen molar-refractivity contribution in [3.05, 3.63) is 0 Å². The summed E-state index contributed by atoms with van der Waals surface area (Å²) in [5.41, 5.74) is 5.53. The minimum absolute atomic E-state index is 0.273. The van der Waals surface area contributed by atoms with Crippen molar-refractivity contribution in [2.24, 2.45) is 11.7 Å². The molecule has 1 aliphatic heterocycles. The van der Waals surface area contributed by atoms with Gasteiger partial charge in [0.05, 0.1) is 0 Å². The van der Waals surface area contributed by atoms with Crippen LogP contribution in [0.15, 0.2) is 0 Å². The van der Waals surface area contributed by atoms with E-state index >= 15 is 0 Å². The molecular weight excluding hydrogens is 202 g/mol. The minimum atomic E-state index is 0.273. The van der Waals surface area contributed by atoms with Gasteiger partial charge in [0.2, 0.25) is 5.91 Å². The molecule has 2 N–H and O–H groups in total. The maximum absolute atomic E-state index is 11.9. The number of hydrogen-bond acceptors (Lipinski definition) is 3. The Morgan fingerprint density at radius 1 is 1.44 bits per heavy atom. The van der Waals surface area contributed by atoms with E-state index < -0.39 is 0 Å². The van der Waals surface area contributed by atoms with Gasteiger partial charge in [0.15, 0.2) is 0 Å². The topological polar surface area (TPSA) is 49.6 Å². The van der Waals surface area contributed by atoms with E-state index in [9.17, 15) is 4.79 Å². The van der Waals surface area contributed by atoms with Gasteiger partial charge in [-0.15, -0.1) is 0 Å². The van der Waals surface area contributed by atoms with Crippen LogP contribution in [0.25, 0.3) is 0 Å². The van der Waals surface area contributed by atoms with E-state index in [0.29, 0.717) is 24.9 Å². The van der Waals surface area contributed by atoms with Crippen molar-refractivity contribution in [2.45, 2.75) is 32.2 Å². The molecule has 94 valence electrons. The summed E-state index contributed by atoms with van der Waals surface area (Å²) >= 11 is 0. The van der Waals surface area contributed by atoms with Crippen LogP contribution in [0.2, 0.25) is 0 Å². The number of carbonyl (C=O) groups excluding carboxylic acids is 1. The molecule has 0 spiro atoms. The lowest BCUT2D eigenvalue weighted by Crippen LogP contribution is -2.45. The largest absolute Gasteiger partial charge is 0.343 e. The second-order valence-corrected chi connectivity index (χ2v) is 5.12. The number of rotatable bonds is 4. The Bertz CT molecular complexity index is 222. The average Bonchev–Trinajstić information content (AvgIpc) is 2.28. The second kappa shape index (κ2) is 6.21. The Balaban J connectivity index is 2.33. The summed E-state index contributed by atoms with van der Waals surface area (Å²) in [6.07, 6.45) is 2.79. The summed E-state index contributed by atoms with van der Waals surface area (Å²) in [6, 6.07) is 0.635. The highest BCUT2D eigenvalue weighted by molar-refractivity contribution is 5.76. The van der Waals surface area contributed by atoms with Crippen LogP contribution >= 0.6 is 0 Å². The first kappa shape index (κ1) is 13.5. The summed E-state index contributed by atoms with van der Waals surface area (Å²) < 4.78 is 0. The number of hydrogen-bond donors (Lipinski definition) is 1. The molecule has 1 rings (SSSR count). The van der Waals surface area contributed by atoms with Gasteiger partial charge in [0.1, 0.15) is 0 Å². The zero-order valence-corrected chi connectivity index (χ0v) is 10.8. The summed E-state index contributed by atoms with van der Waals surface area (Å²) in [7, 11) is 4.22. The molecule has 1 aliphatic rings. The van der Waals surface area contributed by atoms with Gasteiger partial charge in [-0.25, -0.2) is 0 Å². The highest BCUT2D eigenvalue weighted by Gasteiger charge is 2.24. The number of nitrogens with two attached hydrogens (primary N) is 1. The van der Waals surface area contributed by atoms with Gasteiger partial charge in [-0.2, -0.15) is 0 Å². The van der Waals surface area contributed by atoms with Gasteiger partial charge in [-0.3, -0.25) is 4.79 Å². The molecule has 1 atom stereocenters. The summed E-state index contributed by atoms with van der Waals surface area (Å²) in [4.78, 5) is 16.1. The van der Waals surface area contributed by atoms with Crippen molar-refractivity contribution >= 4 is 5.91 Å². The van der Waals surface area contributed by atoms with Crippen LogP contribution in [-0.2, 0) is 4.79 Å². The number of piperidine rings is 1. The van der Waals surface area contributed by atoms with Crippen molar-refractivity contribution in [1.82, 2.24) is 9.80 Å². The predicted molar refractivity (Wildman–Crippen MR) is 66.1 cm³/mol. The molecule has 4 nitrogen and oxygen atoms in total. The molecule has 16 heavy (non-hydrogen) atoms. The zero-order valence-electron chi connectivity index (χ0n) is 10.8. The number of amides is 1. The maximum Gasteiger partial charge on any atom is 0.222 e. The van der Waals surface area contributed by atoms with Crippen LogP contribution in [-0.4, -0.2) is 55.5 Å². The van der Waals surface area contributed by atoms with Crippen molar-refractivity contribution in [1.29, 1.82) is 0 Å². The van der Waals surface area contributed by atoms with Gasteiger partial charge in [-0.1, -0.05) is 6.92 Å². The Morgan fingerprint density at radius 3 is 2.44 bits per heavy atom. The van der Waals surface area contributed by atoms with Crippen molar-refractivity contribution in [2.75, 3.05) is 33.7 Å². The minimum Gasteiger partial charge on any atom is -0.343 e. The Morgan fingerprint density at radius 2 is 2.00 bits per heavy atom. The fraction of sp³-hybridized carbons (Fsp3) is 0.917. The van der Waals surface area contributed by atoms with E-state index in [-0.39, 0.29) is 5.91 Å². The fourth-order valence-corrected chi connectivity index (χ4v) is 2.14. The smallest absolute Gasteiger partial charge is 0.222 e.